The van der Waals surface area contributed by atoms with Crippen LogP contribution in [0.2, 0.25) is 0 Å². The Labute approximate surface area is 200 Å². The lowest BCUT2D eigenvalue weighted by molar-refractivity contribution is 0.0619. The van der Waals surface area contributed by atoms with Crippen LogP contribution in [0.3, 0.4) is 0 Å². The molecule has 8 heteroatoms. The highest BCUT2D eigenvalue weighted by Gasteiger charge is 2.26. The van der Waals surface area contributed by atoms with Crippen molar-refractivity contribution in [2.45, 2.75) is 13.1 Å². The van der Waals surface area contributed by atoms with Gasteiger partial charge in [0.15, 0.2) is 11.5 Å². The van der Waals surface area contributed by atoms with Crippen LogP contribution in [0.5, 0.6) is 11.5 Å². The lowest BCUT2D eigenvalue weighted by Crippen LogP contribution is -2.48. The van der Waals surface area contributed by atoms with E-state index in [2.05, 4.69) is 11.0 Å². The van der Waals surface area contributed by atoms with Crippen molar-refractivity contribution in [3.8, 4) is 11.5 Å². The fourth-order valence-electron chi connectivity index (χ4n) is 4.70. The van der Waals surface area contributed by atoms with Crippen molar-refractivity contribution in [3.63, 3.8) is 0 Å². The van der Waals surface area contributed by atoms with E-state index in [0.29, 0.717) is 25.3 Å². The van der Waals surface area contributed by atoms with E-state index in [1.807, 2.05) is 45.2 Å². The van der Waals surface area contributed by atoms with Crippen LogP contribution >= 0.6 is 11.3 Å². The van der Waals surface area contributed by atoms with Crippen molar-refractivity contribution in [1.29, 1.82) is 0 Å². The molecular formula is C26H24FN3O3S. The van der Waals surface area contributed by atoms with Gasteiger partial charge in [0.05, 0.1) is 0 Å². The predicted molar refractivity (Wildman–Crippen MR) is 129 cm³/mol. The minimum atomic E-state index is -0.265. The largest absolute Gasteiger partial charge is 0.454 e. The van der Waals surface area contributed by atoms with Gasteiger partial charge < -0.3 is 18.9 Å². The average Bonchev–Trinajstić information content (AvgIpc) is 3.56. The first-order valence-electron chi connectivity index (χ1n) is 11.4. The molecule has 2 aliphatic rings. The summed E-state index contributed by atoms with van der Waals surface area (Å²) in [6.45, 7) is 4.50. The standard InChI is InChI=1S/C26H24FN3O3S/c27-21-3-1-2-18(12-21)16-30-22(14-20-6-11-34-26(20)30)25(31)29-9-7-28(8-10-29)15-19-4-5-23-24(13-19)33-17-32-23/h1-6,11-14H,7-10,15-17H2. The van der Waals surface area contributed by atoms with Crippen molar-refractivity contribution in [2.75, 3.05) is 33.0 Å². The second-order valence-corrected chi connectivity index (χ2v) is 9.58. The van der Waals surface area contributed by atoms with Crippen LogP contribution in [0.25, 0.3) is 10.2 Å². The summed E-state index contributed by atoms with van der Waals surface area (Å²) in [4.78, 5) is 18.8. The van der Waals surface area contributed by atoms with Gasteiger partial charge in [-0.15, -0.1) is 11.3 Å². The molecule has 2 aromatic carbocycles. The molecule has 0 radical (unpaired) electrons. The molecule has 4 aromatic rings. The maximum atomic E-state index is 13.8. The van der Waals surface area contributed by atoms with Crippen LogP contribution in [-0.4, -0.2) is 53.2 Å². The van der Waals surface area contributed by atoms with Crippen molar-refractivity contribution >= 4 is 27.5 Å². The zero-order valence-corrected chi connectivity index (χ0v) is 19.4. The molecule has 174 valence electrons. The maximum absolute atomic E-state index is 13.8. The highest BCUT2D eigenvalue weighted by atomic mass is 32.1. The van der Waals surface area contributed by atoms with Crippen LogP contribution < -0.4 is 9.47 Å². The summed E-state index contributed by atoms with van der Waals surface area (Å²) in [7, 11) is 0. The van der Waals surface area contributed by atoms with Gasteiger partial charge >= 0.3 is 0 Å². The fourth-order valence-corrected chi connectivity index (χ4v) is 5.59. The van der Waals surface area contributed by atoms with E-state index in [1.54, 1.807) is 17.4 Å². The number of amides is 1. The quantitative estimate of drug-likeness (QED) is 0.422. The molecule has 6 nitrogen and oxygen atoms in total. The summed E-state index contributed by atoms with van der Waals surface area (Å²) in [5.41, 5.74) is 2.68. The van der Waals surface area contributed by atoms with E-state index in [1.165, 1.54) is 17.7 Å². The zero-order valence-electron chi connectivity index (χ0n) is 18.6. The molecule has 0 aliphatic carbocycles. The molecule has 0 saturated carbocycles. The molecule has 2 aromatic heterocycles. The van der Waals surface area contributed by atoms with Gasteiger partial charge in [-0.05, 0) is 52.9 Å². The van der Waals surface area contributed by atoms with E-state index in [4.69, 9.17) is 9.47 Å². The van der Waals surface area contributed by atoms with E-state index in [0.717, 1.165) is 46.9 Å². The van der Waals surface area contributed by atoms with Crippen LogP contribution in [0.15, 0.2) is 60.0 Å². The lowest BCUT2D eigenvalue weighted by Gasteiger charge is -2.35. The number of aromatic nitrogens is 1. The molecule has 1 saturated heterocycles. The van der Waals surface area contributed by atoms with Gasteiger partial charge in [-0.3, -0.25) is 9.69 Å². The number of benzene rings is 2. The monoisotopic (exact) mass is 477 g/mol. The highest BCUT2D eigenvalue weighted by molar-refractivity contribution is 7.16. The van der Waals surface area contributed by atoms with E-state index in [9.17, 15) is 9.18 Å². The molecule has 0 atom stereocenters. The maximum Gasteiger partial charge on any atom is 0.270 e. The van der Waals surface area contributed by atoms with Crippen molar-refractivity contribution in [3.05, 3.63) is 82.6 Å². The minimum absolute atomic E-state index is 0.0301. The van der Waals surface area contributed by atoms with E-state index >= 15 is 0 Å². The second kappa shape index (κ2) is 8.77. The molecule has 6 rings (SSSR count). The number of fused-ring (bicyclic) bond motifs is 2. The number of piperazine rings is 1. The Bertz CT molecular complexity index is 1360. The first-order valence-corrected chi connectivity index (χ1v) is 12.2. The van der Waals surface area contributed by atoms with Crippen molar-refractivity contribution in [2.24, 2.45) is 0 Å². The smallest absolute Gasteiger partial charge is 0.270 e. The molecule has 1 fully saturated rings. The lowest BCUT2D eigenvalue weighted by atomic mass is 10.1. The molecule has 0 N–H and O–H groups in total. The first-order chi connectivity index (χ1) is 16.6. The molecule has 0 bridgehead atoms. The van der Waals surface area contributed by atoms with Crippen LogP contribution in [0.1, 0.15) is 21.6 Å². The van der Waals surface area contributed by atoms with Gasteiger partial charge in [0.2, 0.25) is 6.79 Å². The predicted octanol–water partition coefficient (Wildman–Crippen LogP) is 4.58. The number of rotatable bonds is 5. The van der Waals surface area contributed by atoms with Gasteiger partial charge in [0, 0.05) is 44.7 Å². The normalized spacial score (nSPS) is 15.9. The zero-order chi connectivity index (χ0) is 23.1. The summed E-state index contributed by atoms with van der Waals surface area (Å²) in [5, 5.41) is 3.07. The summed E-state index contributed by atoms with van der Waals surface area (Å²) < 4.78 is 26.7. The Morgan fingerprint density at radius 3 is 2.59 bits per heavy atom. The van der Waals surface area contributed by atoms with Crippen LogP contribution in [-0.2, 0) is 13.1 Å². The van der Waals surface area contributed by atoms with Gasteiger partial charge in [-0.2, -0.15) is 0 Å². The highest BCUT2D eigenvalue weighted by Crippen LogP contribution is 2.33. The number of thiophene rings is 1. The summed E-state index contributed by atoms with van der Waals surface area (Å²) in [6.07, 6.45) is 0. The van der Waals surface area contributed by atoms with Gasteiger partial charge in [0.1, 0.15) is 16.3 Å². The van der Waals surface area contributed by atoms with Crippen molar-refractivity contribution < 1.29 is 18.7 Å². The Morgan fingerprint density at radius 2 is 1.74 bits per heavy atom. The number of hydrogen-bond donors (Lipinski definition) is 0. The molecule has 34 heavy (non-hydrogen) atoms. The Morgan fingerprint density at radius 1 is 0.912 bits per heavy atom. The van der Waals surface area contributed by atoms with Crippen LogP contribution in [0.4, 0.5) is 4.39 Å². The average molecular weight is 478 g/mol. The number of halogens is 1. The third-order valence-electron chi connectivity index (χ3n) is 6.45. The Balaban J connectivity index is 1.16. The molecular weight excluding hydrogens is 453 g/mol. The molecule has 2 aliphatic heterocycles. The van der Waals surface area contributed by atoms with Gasteiger partial charge in [0.25, 0.3) is 5.91 Å². The minimum Gasteiger partial charge on any atom is -0.454 e. The number of nitrogens with zero attached hydrogens (tertiary/aromatic N) is 3. The summed E-state index contributed by atoms with van der Waals surface area (Å²) in [6, 6.07) is 16.6. The van der Waals surface area contributed by atoms with Crippen LogP contribution in [0, 0.1) is 5.82 Å². The molecule has 4 heterocycles. The molecule has 0 unspecified atom stereocenters. The number of hydrogen-bond acceptors (Lipinski definition) is 5. The molecule has 0 spiro atoms. The number of carbonyl (C=O) groups excluding carboxylic acids is 1. The van der Waals surface area contributed by atoms with Gasteiger partial charge in [-0.25, -0.2) is 4.39 Å². The Kier molecular flexibility index (Phi) is 5.47. The summed E-state index contributed by atoms with van der Waals surface area (Å²) >= 11 is 1.60. The van der Waals surface area contributed by atoms with E-state index in [-0.39, 0.29) is 18.5 Å². The topological polar surface area (TPSA) is 46.9 Å². The summed E-state index contributed by atoms with van der Waals surface area (Å²) in [5.74, 6) is 1.35. The Hall–Kier alpha value is -3.36. The molecule has 1 amide bonds. The first kappa shape index (κ1) is 21.2. The van der Waals surface area contributed by atoms with E-state index < -0.39 is 0 Å². The third-order valence-corrected chi connectivity index (χ3v) is 7.41. The number of carbonyl (C=O) groups is 1. The van der Waals surface area contributed by atoms with Crippen molar-refractivity contribution in [1.82, 2.24) is 14.4 Å². The van der Waals surface area contributed by atoms with Gasteiger partial charge in [-0.1, -0.05) is 18.2 Å². The number of ether oxygens (including phenoxy) is 2. The SMILES string of the molecule is O=C(c1cc2ccsc2n1Cc1cccc(F)c1)N1CCN(Cc2ccc3c(c2)OCO3)CC1. The third kappa shape index (κ3) is 4.03. The fraction of sp³-hybridized carbons (Fsp3) is 0.269. The second-order valence-electron chi connectivity index (χ2n) is 8.68.